The molecule has 0 aliphatic rings. The van der Waals surface area contributed by atoms with Gasteiger partial charge in [-0.1, -0.05) is 388 Å². The molecule has 3 aromatic rings. The molecule has 0 saturated heterocycles. The lowest BCUT2D eigenvalue weighted by atomic mass is 10.0. The van der Waals surface area contributed by atoms with E-state index in [1.165, 1.54) is 310 Å². The summed E-state index contributed by atoms with van der Waals surface area (Å²) in [4.78, 5) is 57.3. The number of carbonyl (C=O) groups is 4. The summed E-state index contributed by atoms with van der Waals surface area (Å²) >= 11 is 0. The van der Waals surface area contributed by atoms with Crippen LogP contribution in [0.4, 0.5) is 11.4 Å². The molecular formula is C100H172N2O14. The van der Waals surface area contributed by atoms with Gasteiger partial charge in [0.15, 0.2) is 34.2 Å². The number of anilines is 2. The van der Waals surface area contributed by atoms with Gasteiger partial charge in [-0.15, -0.1) is 0 Å². The van der Waals surface area contributed by atoms with Crippen molar-refractivity contribution in [1.29, 1.82) is 0 Å². The maximum absolute atomic E-state index is 15.6. The van der Waals surface area contributed by atoms with Crippen molar-refractivity contribution in [3.05, 3.63) is 47.5 Å². The number of nitrogens with one attached hydrogen (secondary N) is 2. The predicted octanol–water partition coefficient (Wildman–Crippen LogP) is 30.5. The zero-order chi connectivity index (χ0) is 84.2. The van der Waals surface area contributed by atoms with Gasteiger partial charge in [0, 0.05) is 41.7 Å². The molecule has 0 spiro atoms. The molecule has 16 nitrogen and oxygen atoms in total. The van der Waals surface area contributed by atoms with Gasteiger partial charge in [0.2, 0.25) is 11.5 Å². The monoisotopic (exact) mass is 1630 g/mol. The van der Waals surface area contributed by atoms with Crippen molar-refractivity contribution in [2.75, 3.05) is 50.3 Å². The van der Waals surface area contributed by atoms with Crippen LogP contribution in [0.5, 0.6) is 46.0 Å². The van der Waals surface area contributed by atoms with E-state index in [0.717, 1.165) is 116 Å². The molecule has 0 fully saturated rings. The summed E-state index contributed by atoms with van der Waals surface area (Å²) in [5.41, 5.74) is -3.76. The van der Waals surface area contributed by atoms with E-state index >= 15 is 9.59 Å². The number of benzene rings is 3. The Kier molecular flexibility index (Phi) is 61.7. The van der Waals surface area contributed by atoms with Crippen LogP contribution in [0.3, 0.4) is 0 Å². The Morgan fingerprint density at radius 3 is 0.595 bits per heavy atom. The Labute approximate surface area is 708 Å². The minimum Gasteiger partial charge on any atom is -0.489 e. The lowest BCUT2D eigenvalue weighted by Crippen LogP contribution is -2.39. The van der Waals surface area contributed by atoms with Crippen molar-refractivity contribution in [3.63, 3.8) is 0 Å². The highest BCUT2D eigenvalue weighted by Crippen LogP contribution is 2.45. The maximum atomic E-state index is 15.6. The first kappa shape index (κ1) is 104. The fourth-order valence-electron chi connectivity index (χ4n) is 14.7. The molecular weight excluding hydrogens is 1450 g/mol. The zero-order valence-electron chi connectivity index (χ0n) is 75.9. The molecule has 16 heteroatoms. The molecule has 0 atom stereocenters. The van der Waals surface area contributed by atoms with Gasteiger partial charge in [-0.3, -0.25) is 9.59 Å². The first-order valence-corrected chi connectivity index (χ1v) is 48.2. The van der Waals surface area contributed by atoms with Crippen LogP contribution in [0.25, 0.3) is 0 Å². The van der Waals surface area contributed by atoms with E-state index in [2.05, 4.69) is 52.2 Å². The van der Waals surface area contributed by atoms with Gasteiger partial charge in [-0.2, -0.15) is 0 Å². The molecule has 0 saturated carbocycles. The smallest absolute Gasteiger partial charge is 0.347 e. The third kappa shape index (κ3) is 49.5. The van der Waals surface area contributed by atoms with E-state index in [0.29, 0.717) is 85.5 Å². The van der Waals surface area contributed by atoms with E-state index in [1.807, 2.05) is 0 Å². The summed E-state index contributed by atoms with van der Waals surface area (Å²) in [7, 11) is 0. The lowest BCUT2D eigenvalue weighted by Gasteiger charge is -2.27. The van der Waals surface area contributed by atoms with Gasteiger partial charge in [-0.05, 0) is 72.3 Å². The van der Waals surface area contributed by atoms with Crippen molar-refractivity contribution >= 4 is 35.1 Å². The van der Waals surface area contributed by atoms with Crippen molar-refractivity contribution in [3.8, 4) is 46.0 Å². The third-order valence-corrected chi connectivity index (χ3v) is 22.4. The van der Waals surface area contributed by atoms with E-state index in [9.17, 15) is 19.8 Å². The summed E-state index contributed by atoms with van der Waals surface area (Å²) in [6.45, 7) is 21.4. The Balaban J connectivity index is 2.25. The summed E-state index contributed by atoms with van der Waals surface area (Å²) in [5, 5.41) is 27.4. The number of carboxylic acids is 2. The molecule has 666 valence electrons. The van der Waals surface area contributed by atoms with Crippen LogP contribution in [-0.2, 0) is 9.59 Å². The summed E-state index contributed by atoms with van der Waals surface area (Å²) in [6, 6.07) is 9.49. The van der Waals surface area contributed by atoms with Gasteiger partial charge in [0.05, 0.1) is 50.8 Å². The van der Waals surface area contributed by atoms with Crippen LogP contribution in [-0.4, -0.2) is 84.8 Å². The Hall–Kier alpha value is -6.06. The molecule has 4 N–H and O–H groups in total. The highest BCUT2D eigenvalue weighted by molar-refractivity contribution is 6.12. The van der Waals surface area contributed by atoms with Gasteiger partial charge >= 0.3 is 11.9 Å². The summed E-state index contributed by atoms with van der Waals surface area (Å²) in [6.07, 6.45) is 70.4. The van der Waals surface area contributed by atoms with E-state index < -0.39 is 35.0 Å². The second-order valence-electron chi connectivity index (χ2n) is 34.4. The molecule has 0 heterocycles. The van der Waals surface area contributed by atoms with Crippen LogP contribution in [0.1, 0.15) is 475 Å². The van der Waals surface area contributed by atoms with Crippen LogP contribution in [0.2, 0.25) is 0 Å². The highest BCUT2D eigenvalue weighted by Gasteiger charge is 2.36. The topological polar surface area (TPSA) is 207 Å². The molecule has 2 amide bonds. The van der Waals surface area contributed by atoms with Crippen LogP contribution < -0.4 is 48.5 Å². The van der Waals surface area contributed by atoms with Gasteiger partial charge < -0.3 is 58.7 Å². The van der Waals surface area contributed by atoms with Crippen molar-refractivity contribution in [1.82, 2.24) is 0 Å². The molecule has 0 radical (unpaired) electrons. The standard InChI is InChI=1S/C100H172N2O14/c1-11-17-23-29-35-41-47-53-59-65-71-109-89-77-83(78-90(110-72-66-60-54-48-42-36-30-24-18-12-2)93(89)113-75-69-63-57-51-45-39-33-27-21-15-5)101-95(103)85-81-86(88(116-100(9,10)98(107)108)82-87(85)115-99(7,8)97(105)106)96(104)102-84-79-91(111-73-67-61-55-49-43-37-31-25-19-13-3)94(114-76-70-64-58-52-46-40-34-28-22-16-6)92(80-84)112-74-68-62-56-50-44-38-32-26-20-14-4/h77-82H,11-76H2,1-10H3,(H,101,103)(H,102,104)(H,105,106)(H,107,108). The van der Waals surface area contributed by atoms with Crippen LogP contribution >= 0.6 is 0 Å². The predicted molar refractivity (Wildman–Crippen MR) is 484 cm³/mol. The molecule has 0 aromatic heterocycles. The average molecular weight is 1630 g/mol. The molecule has 3 rings (SSSR count). The summed E-state index contributed by atoms with van der Waals surface area (Å²) in [5.74, 6) is -2.15. The minimum absolute atomic E-state index is 0.233. The van der Waals surface area contributed by atoms with Gasteiger partial charge in [-0.25, -0.2) is 9.59 Å². The fraction of sp³-hybridized carbons (Fsp3) is 0.780. The fourth-order valence-corrected chi connectivity index (χ4v) is 14.7. The second kappa shape index (κ2) is 68.7. The maximum Gasteiger partial charge on any atom is 0.347 e. The number of carbonyl (C=O) groups excluding carboxylic acids is 2. The van der Waals surface area contributed by atoms with Crippen molar-refractivity contribution < 1.29 is 67.3 Å². The second-order valence-corrected chi connectivity index (χ2v) is 34.4. The van der Waals surface area contributed by atoms with E-state index in [1.54, 1.807) is 24.3 Å². The lowest BCUT2D eigenvalue weighted by molar-refractivity contribution is -0.152. The third-order valence-electron chi connectivity index (χ3n) is 22.4. The number of hydrogen-bond acceptors (Lipinski definition) is 12. The average Bonchev–Trinajstić information content (AvgIpc) is 0.779. The molecule has 0 unspecified atom stereocenters. The number of rotatable bonds is 82. The first-order valence-electron chi connectivity index (χ1n) is 48.2. The molecule has 0 aliphatic heterocycles. The largest absolute Gasteiger partial charge is 0.489 e. The number of ether oxygens (including phenoxy) is 8. The van der Waals surface area contributed by atoms with E-state index in [-0.39, 0.29) is 22.6 Å². The minimum atomic E-state index is -1.94. The first-order chi connectivity index (χ1) is 56.5. The van der Waals surface area contributed by atoms with Gasteiger partial charge in [0.25, 0.3) is 11.8 Å². The quantitative estimate of drug-likeness (QED) is 0.0388. The number of aliphatic carboxylic acids is 2. The SMILES string of the molecule is CCCCCCCCCCCCOc1cc(NC(=O)c2cc(C(=O)Nc3cc(OCCCCCCCCCCCC)c(OCCCCCCCCCCCC)c(OCCCCCCCCCCCC)c3)c(OC(C)(C)C(=O)O)cc2OC(C)(C)C(=O)O)cc(OCCCCCCCCCCCC)c1OCCCCCCCCCCCC. The summed E-state index contributed by atoms with van der Waals surface area (Å²) < 4.78 is 53.1. The van der Waals surface area contributed by atoms with Gasteiger partial charge in [0.1, 0.15) is 11.5 Å². The van der Waals surface area contributed by atoms with E-state index in [4.69, 9.17) is 37.9 Å². The van der Waals surface area contributed by atoms with Crippen molar-refractivity contribution in [2.24, 2.45) is 0 Å². The Morgan fingerprint density at radius 2 is 0.414 bits per heavy atom. The number of hydrogen-bond donors (Lipinski definition) is 4. The Bertz CT molecular complexity index is 2680. The van der Waals surface area contributed by atoms with Crippen molar-refractivity contribution in [2.45, 2.75) is 466 Å². The molecule has 0 aliphatic carbocycles. The number of carboxylic acid groups (broad SMARTS) is 2. The molecule has 116 heavy (non-hydrogen) atoms. The zero-order valence-corrected chi connectivity index (χ0v) is 75.9. The molecule has 0 bridgehead atoms. The number of unbranched alkanes of at least 4 members (excludes halogenated alkanes) is 54. The highest BCUT2D eigenvalue weighted by atomic mass is 16.6. The van der Waals surface area contributed by atoms with Crippen LogP contribution in [0.15, 0.2) is 36.4 Å². The molecule has 3 aromatic carbocycles. The van der Waals surface area contributed by atoms with Crippen LogP contribution in [0, 0.1) is 0 Å². The normalized spacial score (nSPS) is 11.6. The number of amides is 2. The Morgan fingerprint density at radius 1 is 0.241 bits per heavy atom.